The highest BCUT2D eigenvalue weighted by Crippen LogP contribution is 2.27. The molecule has 0 aromatic carbocycles. The molecule has 5 nitrogen and oxygen atoms in total. The van der Waals surface area contributed by atoms with Crippen molar-refractivity contribution in [2.45, 2.75) is 45.2 Å². The second-order valence-electron chi connectivity index (χ2n) is 4.72. The third-order valence-corrected chi connectivity index (χ3v) is 3.34. The number of nitrogens with zero attached hydrogens (tertiary/aromatic N) is 4. The summed E-state index contributed by atoms with van der Waals surface area (Å²) in [5.41, 5.74) is 1.82. The van der Waals surface area contributed by atoms with Crippen LogP contribution in [0.25, 0.3) is 11.2 Å². The number of imidazole rings is 1. The van der Waals surface area contributed by atoms with Crippen molar-refractivity contribution in [3.63, 3.8) is 0 Å². The van der Waals surface area contributed by atoms with E-state index in [2.05, 4.69) is 38.7 Å². The van der Waals surface area contributed by atoms with Gasteiger partial charge in [0.25, 0.3) is 0 Å². The fourth-order valence-electron chi connectivity index (χ4n) is 1.90. The van der Waals surface area contributed by atoms with Crippen molar-refractivity contribution in [3.8, 4) is 0 Å². The van der Waals surface area contributed by atoms with Gasteiger partial charge in [0.15, 0.2) is 11.5 Å². The summed E-state index contributed by atoms with van der Waals surface area (Å²) in [5, 5.41) is 3.40. The van der Waals surface area contributed by atoms with Crippen molar-refractivity contribution in [1.29, 1.82) is 0 Å². The van der Waals surface area contributed by atoms with Gasteiger partial charge in [-0.25, -0.2) is 15.0 Å². The van der Waals surface area contributed by atoms with Crippen molar-refractivity contribution in [3.05, 3.63) is 12.7 Å². The molecular weight excluding hydrogens is 214 g/mol. The van der Waals surface area contributed by atoms with Gasteiger partial charge in [-0.05, 0) is 26.2 Å². The number of rotatable bonds is 4. The topological polar surface area (TPSA) is 55.6 Å². The van der Waals surface area contributed by atoms with Crippen molar-refractivity contribution in [1.82, 2.24) is 19.5 Å². The van der Waals surface area contributed by atoms with E-state index in [-0.39, 0.29) is 0 Å². The Morgan fingerprint density at radius 3 is 2.94 bits per heavy atom. The van der Waals surface area contributed by atoms with E-state index in [0.717, 1.165) is 23.4 Å². The zero-order valence-electron chi connectivity index (χ0n) is 10.2. The van der Waals surface area contributed by atoms with E-state index >= 15 is 0 Å². The quantitative estimate of drug-likeness (QED) is 0.877. The molecule has 0 aliphatic heterocycles. The van der Waals surface area contributed by atoms with Crippen LogP contribution in [0.1, 0.15) is 39.2 Å². The minimum atomic E-state index is 0.420. The molecule has 0 saturated heterocycles. The van der Waals surface area contributed by atoms with Crippen molar-refractivity contribution in [2.75, 3.05) is 5.32 Å². The number of hydrogen-bond donors (Lipinski definition) is 1. The van der Waals surface area contributed by atoms with E-state index in [1.807, 2.05) is 6.33 Å². The zero-order valence-corrected chi connectivity index (χ0v) is 10.2. The largest absolute Gasteiger partial charge is 0.365 e. The molecule has 2 aromatic rings. The summed E-state index contributed by atoms with van der Waals surface area (Å²) in [4.78, 5) is 13.1. The Morgan fingerprint density at radius 1 is 1.41 bits per heavy atom. The number of fused-ring (bicyclic) bond motifs is 1. The summed E-state index contributed by atoms with van der Waals surface area (Å²) in [7, 11) is 0. The highest BCUT2D eigenvalue weighted by molar-refractivity contribution is 5.82. The van der Waals surface area contributed by atoms with Gasteiger partial charge in [0.1, 0.15) is 11.8 Å². The molecule has 1 fully saturated rings. The molecule has 2 heterocycles. The first-order chi connectivity index (χ1) is 8.29. The third-order valence-electron chi connectivity index (χ3n) is 3.34. The van der Waals surface area contributed by atoms with Gasteiger partial charge >= 0.3 is 0 Å². The van der Waals surface area contributed by atoms with Crippen LogP contribution in [0.3, 0.4) is 0 Å². The molecule has 1 aliphatic rings. The Bertz CT molecular complexity index is 529. The lowest BCUT2D eigenvalue weighted by Crippen LogP contribution is -2.06. The Morgan fingerprint density at radius 2 is 2.24 bits per heavy atom. The molecule has 3 rings (SSSR count). The zero-order chi connectivity index (χ0) is 11.8. The molecular formula is C12H17N5. The van der Waals surface area contributed by atoms with E-state index in [4.69, 9.17) is 0 Å². The van der Waals surface area contributed by atoms with E-state index < -0.39 is 0 Å². The predicted octanol–water partition coefficient (Wildman–Crippen LogP) is 2.37. The highest BCUT2D eigenvalue weighted by atomic mass is 15.2. The van der Waals surface area contributed by atoms with Crippen LogP contribution in [-0.2, 0) is 0 Å². The molecule has 0 bridgehead atoms. The van der Waals surface area contributed by atoms with Crippen LogP contribution in [0, 0.1) is 0 Å². The SMILES string of the molecule is CCC(C)n1cnc2c(NC3CC3)ncnc21. The van der Waals surface area contributed by atoms with Gasteiger partial charge in [0, 0.05) is 12.1 Å². The Labute approximate surface area is 100 Å². The number of nitrogens with one attached hydrogen (secondary N) is 1. The van der Waals surface area contributed by atoms with Crippen LogP contribution in [0.5, 0.6) is 0 Å². The molecule has 2 aromatic heterocycles. The fraction of sp³-hybridized carbons (Fsp3) is 0.583. The molecule has 1 atom stereocenters. The second kappa shape index (κ2) is 3.98. The molecule has 0 amide bonds. The van der Waals surface area contributed by atoms with Gasteiger partial charge < -0.3 is 9.88 Å². The van der Waals surface area contributed by atoms with Gasteiger partial charge in [-0.2, -0.15) is 0 Å². The summed E-state index contributed by atoms with van der Waals surface area (Å²) in [6, 6.07) is 1.01. The van der Waals surface area contributed by atoms with E-state index in [1.165, 1.54) is 12.8 Å². The van der Waals surface area contributed by atoms with Crippen LogP contribution < -0.4 is 5.32 Å². The van der Waals surface area contributed by atoms with Gasteiger partial charge in [0.05, 0.1) is 6.33 Å². The number of anilines is 1. The lowest BCUT2D eigenvalue weighted by atomic mass is 10.2. The minimum Gasteiger partial charge on any atom is -0.365 e. The Kier molecular flexibility index (Phi) is 2.46. The van der Waals surface area contributed by atoms with Gasteiger partial charge in [-0.15, -0.1) is 0 Å². The minimum absolute atomic E-state index is 0.420. The van der Waals surface area contributed by atoms with E-state index in [0.29, 0.717) is 12.1 Å². The molecule has 1 unspecified atom stereocenters. The van der Waals surface area contributed by atoms with Crippen LogP contribution in [-0.4, -0.2) is 25.6 Å². The summed E-state index contributed by atoms with van der Waals surface area (Å²) in [6.07, 6.45) is 7.02. The number of aromatic nitrogens is 4. The first-order valence-electron chi connectivity index (χ1n) is 6.23. The lowest BCUT2D eigenvalue weighted by Gasteiger charge is -2.10. The van der Waals surface area contributed by atoms with Gasteiger partial charge in [0.2, 0.25) is 0 Å². The fourth-order valence-corrected chi connectivity index (χ4v) is 1.90. The molecule has 0 spiro atoms. The van der Waals surface area contributed by atoms with Crippen molar-refractivity contribution in [2.24, 2.45) is 0 Å². The molecule has 17 heavy (non-hydrogen) atoms. The maximum Gasteiger partial charge on any atom is 0.165 e. The van der Waals surface area contributed by atoms with E-state index in [1.54, 1.807) is 6.33 Å². The molecule has 1 saturated carbocycles. The van der Waals surface area contributed by atoms with Crippen LogP contribution in [0.15, 0.2) is 12.7 Å². The second-order valence-corrected chi connectivity index (χ2v) is 4.72. The average molecular weight is 231 g/mol. The van der Waals surface area contributed by atoms with Crippen LogP contribution in [0.4, 0.5) is 5.82 Å². The highest BCUT2D eigenvalue weighted by Gasteiger charge is 2.23. The van der Waals surface area contributed by atoms with Crippen molar-refractivity contribution < 1.29 is 0 Å². The summed E-state index contributed by atoms with van der Waals surface area (Å²) >= 11 is 0. The maximum absolute atomic E-state index is 4.44. The number of hydrogen-bond acceptors (Lipinski definition) is 4. The summed E-state index contributed by atoms with van der Waals surface area (Å²) in [6.45, 7) is 4.35. The normalized spacial score (nSPS) is 17.3. The maximum atomic E-state index is 4.44. The standard InChI is InChI=1S/C12H17N5/c1-3-8(2)17-7-15-10-11(16-9-4-5-9)13-6-14-12(10)17/h6-9H,3-5H2,1-2H3,(H,13,14,16). The van der Waals surface area contributed by atoms with Crippen LogP contribution in [0.2, 0.25) is 0 Å². The smallest absolute Gasteiger partial charge is 0.165 e. The lowest BCUT2D eigenvalue weighted by molar-refractivity contribution is 0.541. The van der Waals surface area contributed by atoms with Gasteiger partial charge in [-0.3, -0.25) is 0 Å². The van der Waals surface area contributed by atoms with E-state index in [9.17, 15) is 0 Å². The molecule has 90 valence electrons. The Balaban J connectivity index is 2.04. The molecule has 5 heteroatoms. The summed E-state index contributed by atoms with van der Waals surface area (Å²) in [5.74, 6) is 0.875. The van der Waals surface area contributed by atoms with Crippen molar-refractivity contribution >= 4 is 17.0 Å². The molecule has 1 aliphatic carbocycles. The predicted molar refractivity (Wildman–Crippen MR) is 67.0 cm³/mol. The first-order valence-corrected chi connectivity index (χ1v) is 6.23. The average Bonchev–Trinajstić information content (AvgIpc) is 3.05. The molecule has 0 radical (unpaired) electrons. The third kappa shape index (κ3) is 1.85. The van der Waals surface area contributed by atoms with Crippen LogP contribution >= 0.6 is 0 Å². The monoisotopic (exact) mass is 231 g/mol. The van der Waals surface area contributed by atoms with Gasteiger partial charge in [-0.1, -0.05) is 6.92 Å². The summed E-state index contributed by atoms with van der Waals surface area (Å²) < 4.78 is 2.12. The Hall–Kier alpha value is -1.65. The molecule has 1 N–H and O–H groups in total. The first kappa shape index (κ1) is 10.5.